The van der Waals surface area contributed by atoms with E-state index in [9.17, 15) is 4.79 Å². The van der Waals surface area contributed by atoms with Crippen LogP contribution in [0.15, 0.2) is 36.9 Å². The van der Waals surface area contributed by atoms with Gasteiger partial charge in [0.05, 0.1) is 6.54 Å². The Morgan fingerprint density at radius 2 is 1.93 bits per heavy atom. The van der Waals surface area contributed by atoms with Crippen LogP contribution in [-0.2, 0) is 17.8 Å². The molecule has 0 spiro atoms. The van der Waals surface area contributed by atoms with E-state index in [1.807, 2.05) is 18.2 Å². The molecule has 0 bridgehead atoms. The average molecular weight is 418 g/mol. The summed E-state index contributed by atoms with van der Waals surface area (Å²) in [6.07, 6.45) is 3.58. The summed E-state index contributed by atoms with van der Waals surface area (Å²) in [6, 6.07) is 7.26. The molecule has 12 heteroatoms. The number of hydrogen-bond donors (Lipinski definition) is 0. The summed E-state index contributed by atoms with van der Waals surface area (Å²) < 4.78 is 5.84. The maximum absolute atomic E-state index is 12.9. The lowest BCUT2D eigenvalue weighted by atomic mass is 9.98. The van der Waals surface area contributed by atoms with Crippen LogP contribution in [0, 0.1) is 5.92 Å². The number of halogens is 1. The van der Waals surface area contributed by atoms with E-state index in [4.69, 9.17) is 16.3 Å². The number of likely N-dealkylation sites (tertiary alicyclic amines) is 1. The fourth-order valence-electron chi connectivity index (χ4n) is 3.44. The predicted octanol–water partition coefficient (Wildman–Crippen LogP) is 1.60. The van der Waals surface area contributed by atoms with E-state index in [0.29, 0.717) is 30.2 Å². The summed E-state index contributed by atoms with van der Waals surface area (Å²) in [5.74, 6) is 0.237. The summed E-state index contributed by atoms with van der Waals surface area (Å²) in [5.41, 5.74) is 0.695. The molecule has 0 aliphatic carbocycles. The van der Waals surface area contributed by atoms with Gasteiger partial charge < -0.3 is 9.64 Å². The Labute approximate surface area is 171 Å². The SMILES string of the molecule is O=C(OC(Cn1ncnn1)c1ccccc1Cl)N1CCCC(Cn2ncnn2)C1. The van der Waals surface area contributed by atoms with Crippen molar-refractivity contribution in [2.75, 3.05) is 13.1 Å². The van der Waals surface area contributed by atoms with Crippen molar-refractivity contribution in [2.24, 2.45) is 5.92 Å². The van der Waals surface area contributed by atoms with Crippen LogP contribution in [0.4, 0.5) is 4.79 Å². The fraction of sp³-hybridized carbons (Fsp3) is 0.471. The number of carbonyl (C=O) groups excluding carboxylic acids is 1. The van der Waals surface area contributed by atoms with E-state index in [1.165, 1.54) is 17.5 Å². The second-order valence-corrected chi connectivity index (χ2v) is 7.24. The van der Waals surface area contributed by atoms with Crippen LogP contribution in [0.25, 0.3) is 0 Å². The largest absolute Gasteiger partial charge is 0.439 e. The summed E-state index contributed by atoms with van der Waals surface area (Å²) in [6.45, 7) is 2.03. The zero-order chi connectivity index (χ0) is 20.1. The zero-order valence-electron chi connectivity index (χ0n) is 15.6. The van der Waals surface area contributed by atoms with Crippen molar-refractivity contribution < 1.29 is 9.53 Å². The number of hydrogen-bond acceptors (Lipinski definition) is 8. The highest BCUT2D eigenvalue weighted by molar-refractivity contribution is 6.31. The first kappa shape index (κ1) is 19.2. The summed E-state index contributed by atoms with van der Waals surface area (Å²) >= 11 is 6.34. The molecule has 4 rings (SSSR count). The molecule has 0 saturated carbocycles. The number of aromatic nitrogens is 8. The molecule has 29 heavy (non-hydrogen) atoms. The number of tetrazole rings is 2. The van der Waals surface area contributed by atoms with Crippen molar-refractivity contribution in [3.63, 3.8) is 0 Å². The lowest BCUT2D eigenvalue weighted by Crippen LogP contribution is -2.42. The highest BCUT2D eigenvalue weighted by Gasteiger charge is 2.29. The van der Waals surface area contributed by atoms with Gasteiger partial charge in [0.1, 0.15) is 6.54 Å². The van der Waals surface area contributed by atoms with Crippen molar-refractivity contribution in [1.82, 2.24) is 45.3 Å². The lowest BCUT2D eigenvalue weighted by molar-refractivity contribution is 0.0379. The van der Waals surface area contributed by atoms with Gasteiger partial charge in [-0.3, -0.25) is 0 Å². The number of ether oxygens (including phenoxy) is 1. The van der Waals surface area contributed by atoms with Crippen molar-refractivity contribution in [3.8, 4) is 0 Å². The minimum absolute atomic E-state index is 0.218. The number of rotatable bonds is 6. The van der Waals surface area contributed by atoms with Gasteiger partial charge in [-0.15, -0.1) is 20.4 Å². The molecule has 0 N–H and O–H groups in total. The molecule has 152 valence electrons. The summed E-state index contributed by atoms with van der Waals surface area (Å²) in [4.78, 5) is 17.5. The van der Waals surface area contributed by atoms with Gasteiger partial charge >= 0.3 is 6.09 Å². The van der Waals surface area contributed by atoms with Gasteiger partial charge in [0.15, 0.2) is 18.8 Å². The van der Waals surface area contributed by atoms with Crippen LogP contribution in [0.3, 0.4) is 0 Å². The highest BCUT2D eigenvalue weighted by Crippen LogP contribution is 2.28. The monoisotopic (exact) mass is 417 g/mol. The smallest absolute Gasteiger partial charge is 0.410 e. The number of amides is 1. The minimum Gasteiger partial charge on any atom is -0.439 e. The first-order valence-electron chi connectivity index (χ1n) is 9.30. The van der Waals surface area contributed by atoms with Gasteiger partial charge in [-0.2, -0.15) is 9.59 Å². The molecule has 2 unspecified atom stereocenters. The second kappa shape index (κ2) is 8.95. The van der Waals surface area contributed by atoms with Gasteiger partial charge in [0, 0.05) is 23.7 Å². The Balaban J connectivity index is 1.45. The van der Waals surface area contributed by atoms with E-state index < -0.39 is 12.2 Å². The molecular weight excluding hydrogens is 398 g/mol. The number of benzene rings is 1. The first-order chi connectivity index (χ1) is 14.2. The van der Waals surface area contributed by atoms with Crippen molar-refractivity contribution in [2.45, 2.75) is 32.0 Å². The third kappa shape index (κ3) is 4.86. The van der Waals surface area contributed by atoms with E-state index in [0.717, 1.165) is 12.8 Å². The molecule has 1 aliphatic heterocycles. The minimum atomic E-state index is -0.636. The first-order valence-corrected chi connectivity index (χ1v) is 9.68. The number of carbonyl (C=O) groups is 1. The van der Waals surface area contributed by atoms with Gasteiger partial charge in [-0.25, -0.2) is 4.79 Å². The van der Waals surface area contributed by atoms with E-state index in [1.54, 1.807) is 15.8 Å². The van der Waals surface area contributed by atoms with Gasteiger partial charge in [0.2, 0.25) is 0 Å². The van der Waals surface area contributed by atoms with Crippen LogP contribution >= 0.6 is 11.6 Å². The molecule has 11 nitrogen and oxygen atoms in total. The van der Waals surface area contributed by atoms with Crippen molar-refractivity contribution in [3.05, 3.63) is 47.5 Å². The number of nitrogens with zero attached hydrogens (tertiary/aromatic N) is 9. The van der Waals surface area contributed by atoms with Crippen molar-refractivity contribution in [1.29, 1.82) is 0 Å². The van der Waals surface area contributed by atoms with Crippen molar-refractivity contribution >= 4 is 17.7 Å². The second-order valence-electron chi connectivity index (χ2n) is 6.83. The Kier molecular flexibility index (Phi) is 5.94. The molecule has 2 atom stereocenters. The van der Waals surface area contributed by atoms with E-state index >= 15 is 0 Å². The molecule has 2 aromatic heterocycles. The highest BCUT2D eigenvalue weighted by atomic mass is 35.5. The maximum atomic E-state index is 12.9. The lowest BCUT2D eigenvalue weighted by Gasteiger charge is -2.33. The topological polar surface area (TPSA) is 117 Å². The average Bonchev–Trinajstić information content (AvgIpc) is 3.42. The standard InChI is InChI=1S/C17H20ClN9O2/c18-15-6-2-1-5-14(15)16(10-27-22-12-20-24-27)29-17(28)25-7-3-4-13(8-25)9-26-21-11-19-23-26/h1-2,5-6,11-13,16H,3-4,7-10H2. The summed E-state index contributed by atoms with van der Waals surface area (Å²) in [7, 11) is 0. The molecule has 1 amide bonds. The van der Waals surface area contributed by atoms with Gasteiger partial charge in [0.25, 0.3) is 0 Å². The Hall–Kier alpha value is -3.08. The Morgan fingerprint density at radius 1 is 1.17 bits per heavy atom. The van der Waals surface area contributed by atoms with Crippen LogP contribution in [0.2, 0.25) is 5.02 Å². The van der Waals surface area contributed by atoms with Crippen LogP contribution in [-0.4, -0.2) is 64.5 Å². The maximum Gasteiger partial charge on any atom is 0.410 e. The molecule has 1 saturated heterocycles. The molecule has 1 aliphatic rings. The summed E-state index contributed by atoms with van der Waals surface area (Å²) in [5, 5.41) is 23.8. The third-order valence-corrected chi connectivity index (χ3v) is 5.15. The zero-order valence-corrected chi connectivity index (χ0v) is 16.3. The van der Waals surface area contributed by atoms with E-state index in [2.05, 4.69) is 30.8 Å². The molecule has 1 fully saturated rings. The molecule has 3 aromatic rings. The molecule has 3 heterocycles. The number of piperidine rings is 1. The predicted molar refractivity (Wildman–Crippen MR) is 101 cm³/mol. The molecular formula is C17H20ClN9O2. The van der Waals surface area contributed by atoms with Crippen LogP contribution in [0.1, 0.15) is 24.5 Å². The third-order valence-electron chi connectivity index (χ3n) is 4.81. The van der Waals surface area contributed by atoms with Crippen LogP contribution in [0.5, 0.6) is 0 Å². The quantitative estimate of drug-likeness (QED) is 0.593. The van der Waals surface area contributed by atoms with Crippen LogP contribution < -0.4 is 0 Å². The Bertz CT molecular complexity index is 919. The fourth-order valence-corrected chi connectivity index (χ4v) is 3.69. The van der Waals surface area contributed by atoms with Gasteiger partial charge in [-0.05, 0) is 35.3 Å². The molecule has 1 aromatic carbocycles. The normalized spacial score (nSPS) is 17.8. The van der Waals surface area contributed by atoms with Gasteiger partial charge in [-0.1, -0.05) is 29.8 Å². The van der Waals surface area contributed by atoms with E-state index in [-0.39, 0.29) is 12.5 Å². The molecule has 0 radical (unpaired) electrons. The Morgan fingerprint density at radius 3 is 2.66 bits per heavy atom.